The summed E-state index contributed by atoms with van der Waals surface area (Å²) in [4.78, 5) is 6.85. The lowest BCUT2D eigenvalue weighted by molar-refractivity contribution is 0.0157. The second-order valence-corrected chi connectivity index (χ2v) is 5.70. The smallest absolute Gasteiger partial charge is 0.0698 e. The van der Waals surface area contributed by atoms with Gasteiger partial charge in [0.25, 0.3) is 0 Å². The van der Waals surface area contributed by atoms with Crippen molar-refractivity contribution in [1.29, 1.82) is 0 Å². The Balaban J connectivity index is 1.94. The number of pyridine rings is 1. The number of nitrogens with zero attached hydrogens (tertiary/aromatic N) is 2. The molecule has 1 aromatic heterocycles. The highest BCUT2D eigenvalue weighted by atomic mass is 16.5. The molecule has 21 heavy (non-hydrogen) atoms. The van der Waals surface area contributed by atoms with E-state index >= 15 is 0 Å². The van der Waals surface area contributed by atoms with Gasteiger partial charge in [0.05, 0.1) is 6.10 Å². The SMILES string of the molecule is COC1CCCN(C(CN)c2cncc3ccccc23)C1. The van der Waals surface area contributed by atoms with E-state index in [9.17, 15) is 0 Å². The van der Waals surface area contributed by atoms with E-state index in [0.717, 1.165) is 25.9 Å². The summed E-state index contributed by atoms with van der Waals surface area (Å²) in [5, 5.41) is 2.43. The van der Waals surface area contributed by atoms with Gasteiger partial charge in [-0.25, -0.2) is 0 Å². The van der Waals surface area contributed by atoms with Gasteiger partial charge < -0.3 is 10.5 Å². The van der Waals surface area contributed by atoms with Crippen molar-refractivity contribution in [3.05, 3.63) is 42.2 Å². The Bertz CT molecular complexity index is 596. The Kier molecular flexibility index (Phi) is 4.48. The first-order valence-electron chi connectivity index (χ1n) is 7.63. The predicted octanol–water partition coefficient (Wildman–Crippen LogP) is 2.35. The van der Waals surface area contributed by atoms with Crippen molar-refractivity contribution in [2.45, 2.75) is 25.0 Å². The van der Waals surface area contributed by atoms with Crippen molar-refractivity contribution < 1.29 is 4.74 Å². The first-order valence-corrected chi connectivity index (χ1v) is 7.63. The zero-order valence-corrected chi connectivity index (χ0v) is 12.5. The van der Waals surface area contributed by atoms with E-state index in [-0.39, 0.29) is 6.04 Å². The van der Waals surface area contributed by atoms with E-state index in [4.69, 9.17) is 10.5 Å². The first-order chi connectivity index (χ1) is 10.3. The number of fused-ring (bicyclic) bond motifs is 1. The second kappa shape index (κ2) is 6.52. The number of aromatic nitrogens is 1. The van der Waals surface area contributed by atoms with Crippen LogP contribution >= 0.6 is 0 Å². The fraction of sp³-hybridized carbons (Fsp3) is 0.471. The lowest BCUT2D eigenvalue weighted by atomic mass is 9.97. The Morgan fingerprint density at radius 2 is 2.24 bits per heavy atom. The third-order valence-corrected chi connectivity index (χ3v) is 4.46. The van der Waals surface area contributed by atoms with Gasteiger partial charge in [-0.1, -0.05) is 24.3 Å². The minimum Gasteiger partial charge on any atom is -0.380 e. The van der Waals surface area contributed by atoms with Crippen molar-refractivity contribution in [3.63, 3.8) is 0 Å². The van der Waals surface area contributed by atoms with E-state index in [0.29, 0.717) is 12.6 Å². The molecule has 1 saturated heterocycles. The number of likely N-dealkylation sites (tertiary alicyclic amines) is 1. The molecule has 1 aliphatic heterocycles. The molecule has 1 aliphatic rings. The highest BCUT2D eigenvalue weighted by Crippen LogP contribution is 2.29. The number of methoxy groups -OCH3 is 1. The summed E-state index contributed by atoms with van der Waals surface area (Å²) in [5.41, 5.74) is 7.33. The molecule has 2 heterocycles. The molecule has 1 aromatic carbocycles. The topological polar surface area (TPSA) is 51.4 Å². The summed E-state index contributed by atoms with van der Waals surface area (Å²) in [6.45, 7) is 2.62. The van der Waals surface area contributed by atoms with Gasteiger partial charge in [0.2, 0.25) is 0 Å². The van der Waals surface area contributed by atoms with Gasteiger partial charge in [-0.05, 0) is 30.3 Å². The van der Waals surface area contributed by atoms with Crippen molar-refractivity contribution in [2.75, 3.05) is 26.7 Å². The Morgan fingerprint density at radius 1 is 1.38 bits per heavy atom. The number of hydrogen-bond donors (Lipinski definition) is 1. The number of hydrogen-bond acceptors (Lipinski definition) is 4. The molecule has 2 aromatic rings. The molecule has 0 spiro atoms. The fourth-order valence-corrected chi connectivity index (χ4v) is 3.32. The van der Waals surface area contributed by atoms with Crippen LogP contribution in [0.3, 0.4) is 0 Å². The van der Waals surface area contributed by atoms with E-state index in [1.807, 2.05) is 18.5 Å². The van der Waals surface area contributed by atoms with Crippen molar-refractivity contribution in [1.82, 2.24) is 9.88 Å². The minimum atomic E-state index is 0.210. The maximum atomic E-state index is 6.10. The van der Waals surface area contributed by atoms with Crippen LogP contribution in [0.1, 0.15) is 24.4 Å². The lowest BCUT2D eigenvalue weighted by Crippen LogP contribution is -2.43. The maximum Gasteiger partial charge on any atom is 0.0698 e. The molecule has 4 nitrogen and oxygen atoms in total. The Hall–Kier alpha value is -1.49. The summed E-state index contributed by atoms with van der Waals surface area (Å²) >= 11 is 0. The van der Waals surface area contributed by atoms with Crippen molar-refractivity contribution in [2.24, 2.45) is 5.73 Å². The monoisotopic (exact) mass is 285 g/mol. The number of ether oxygens (including phenoxy) is 1. The lowest BCUT2D eigenvalue weighted by Gasteiger charge is -2.37. The largest absolute Gasteiger partial charge is 0.380 e. The molecule has 2 atom stereocenters. The maximum absolute atomic E-state index is 6.10. The van der Waals surface area contributed by atoms with Gasteiger partial charge >= 0.3 is 0 Å². The van der Waals surface area contributed by atoms with Crippen molar-refractivity contribution in [3.8, 4) is 0 Å². The number of rotatable bonds is 4. The van der Waals surface area contributed by atoms with Gasteiger partial charge in [0, 0.05) is 44.0 Å². The molecule has 1 fully saturated rings. The highest BCUT2D eigenvalue weighted by molar-refractivity contribution is 5.85. The van der Waals surface area contributed by atoms with Gasteiger partial charge in [-0.3, -0.25) is 9.88 Å². The quantitative estimate of drug-likeness (QED) is 0.937. The van der Waals surface area contributed by atoms with Crippen LogP contribution in [0.15, 0.2) is 36.7 Å². The molecule has 4 heteroatoms. The number of nitrogens with two attached hydrogens (primary N) is 1. The summed E-state index contributed by atoms with van der Waals surface area (Å²) < 4.78 is 5.54. The fourth-order valence-electron chi connectivity index (χ4n) is 3.32. The van der Waals surface area contributed by atoms with Crippen LogP contribution in [-0.4, -0.2) is 42.7 Å². The molecule has 0 radical (unpaired) electrons. The third-order valence-electron chi connectivity index (χ3n) is 4.46. The molecule has 0 aliphatic carbocycles. The van der Waals surface area contributed by atoms with Gasteiger partial charge in [0.1, 0.15) is 0 Å². The average Bonchev–Trinajstić information content (AvgIpc) is 2.56. The molecule has 0 bridgehead atoms. The van der Waals surface area contributed by atoms with Gasteiger partial charge in [0.15, 0.2) is 0 Å². The zero-order chi connectivity index (χ0) is 14.7. The molecule has 2 N–H and O–H groups in total. The van der Waals surface area contributed by atoms with Gasteiger partial charge in [-0.2, -0.15) is 0 Å². The zero-order valence-electron chi connectivity index (χ0n) is 12.5. The van der Waals surface area contributed by atoms with Crippen LogP contribution in [0.4, 0.5) is 0 Å². The Morgan fingerprint density at radius 3 is 3.05 bits per heavy atom. The summed E-state index contributed by atoms with van der Waals surface area (Å²) in [7, 11) is 1.80. The summed E-state index contributed by atoms with van der Waals surface area (Å²) in [6.07, 6.45) is 6.50. The minimum absolute atomic E-state index is 0.210. The van der Waals surface area contributed by atoms with E-state index < -0.39 is 0 Å². The molecular formula is C17H23N3O. The standard InChI is InChI=1S/C17H23N3O/c1-21-14-6-4-8-20(12-14)17(9-18)16-11-19-10-13-5-2-3-7-15(13)16/h2-3,5,7,10-11,14,17H,4,6,8-9,12,18H2,1H3. The summed E-state index contributed by atoms with van der Waals surface area (Å²) in [6, 6.07) is 8.60. The van der Waals surface area contributed by atoms with Crippen LogP contribution in [0.25, 0.3) is 10.8 Å². The normalized spacial score (nSPS) is 21.5. The van der Waals surface area contributed by atoms with E-state index in [2.05, 4.69) is 28.1 Å². The Labute approximate surface area is 125 Å². The molecule has 0 saturated carbocycles. The number of benzene rings is 1. The van der Waals surface area contributed by atoms with Crippen LogP contribution in [0.5, 0.6) is 0 Å². The van der Waals surface area contributed by atoms with E-state index in [1.54, 1.807) is 7.11 Å². The second-order valence-electron chi connectivity index (χ2n) is 5.70. The van der Waals surface area contributed by atoms with Crippen LogP contribution < -0.4 is 5.73 Å². The first kappa shape index (κ1) is 14.4. The van der Waals surface area contributed by atoms with Crippen LogP contribution in [0, 0.1) is 0 Å². The average molecular weight is 285 g/mol. The highest BCUT2D eigenvalue weighted by Gasteiger charge is 2.27. The predicted molar refractivity (Wildman–Crippen MR) is 85.1 cm³/mol. The molecular weight excluding hydrogens is 262 g/mol. The van der Waals surface area contributed by atoms with E-state index in [1.165, 1.54) is 16.3 Å². The van der Waals surface area contributed by atoms with Gasteiger partial charge in [-0.15, -0.1) is 0 Å². The molecule has 2 unspecified atom stereocenters. The summed E-state index contributed by atoms with van der Waals surface area (Å²) in [5.74, 6) is 0. The molecule has 112 valence electrons. The number of piperidine rings is 1. The molecule has 0 amide bonds. The molecule has 3 rings (SSSR count). The van der Waals surface area contributed by atoms with Crippen LogP contribution in [-0.2, 0) is 4.74 Å². The van der Waals surface area contributed by atoms with Crippen molar-refractivity contribution >= 4 is 10.8 Å². The van der Waals surface area contributed by atoms with Crippen LogP contribution in [0.2, 0.25) is 0 Å². The third kappa shape index (κ3) is 2.93.